The summed E-state index contributed by atoms with van der Waals surface area (Å²) in [4.78, 5) is 24.4. The smallest absolute Gasteiger partial charge is 0.305 e. The molecule has 5 heteroatoms. The first kappa shape index (κ1) is 13.4. The molecule has 0 radical (unpaired) electrons. The summed E-state index contributed by atoms with van der Waals surface area (Å²) in [6, 6.07) is 3.43. The van der Waals surface area contributed by atoms with E-state index in [1.54, 1.807) is 17.0 Å². The predicted molar refractivity (Wildman–Crippen MR) is 69.5 cm³/mol. The zero-order valence-electron chi connectivity index (χ0n) is 10.8. The quantitative estimate of drug-likeness (QED) is 0.844. The van der Waals surface area contributed by atoms with Crippen molar-refractivity contribution in [2.24, 2.45) is 0 Å². The zero-order chi connectivity index (χ0) is 13.8. The van der Waals surface area contributed by atoms with E-state index in [9.17, 15) is 9.59 Å². The third-order valence-corrected chi connectivity index (χ3v) is 3.22. The molecule has 0 saturated carbocycles. The van der Waals surface area contributed by atoms with Crippen LogP contribution in [-0.2, 0) is 9.59 Å². The first-order valence-electron chi connectivity index (χ1n) is 6.33. The molecule has 1 saturated heterocycles. The monoisotopic (exact) mass is 263 g/mol. The SMILES string of the molecule is Cc1ccc(C=CC(=O)N2CCCC2CC(=O)O)o1. The van der Waals surface area contributed by atoms with Crippen LogP contribution >= 0.6 is 0 Å². The number of amides is 1. The van der Waals surface area contributed by atoms with E-state index in [1.807, 2.05) is 13.0 Å². The minimum atomic E-state index is -0.865. The van der Waals surface area contributed by atoms with E-state index in [0.29, 0.717) is 12.3 Å². The van der Waals surface area contributed by atoms with Crippen molar-refractivity contribution < 1.29 is 19.1 Å². The van der Waals surface area contributed by atoms with Gasteiger partial charge in [0.15, 0.2) is 0 Å². The van der Waals surface area contributed by atoms with Gasteiger partial charge in [-0.3, -0.25) is 9.59 Å². The lowest BCUT2D eigenvalue weighted by molar-refractivity contribution is -0.139. The van der Waals surface area contributed by atoms with Crippen molar-refractivity contribution in [3.63, 3.8) is 0 Å². The maximum atomic E-state index is 12.0. The van der Waals surface area contributed by atoms with Crippen LogP contribution in [0.25, 0.3) is 6.08 Å². The maximum Gasteiger partial charge on any atom is 0.305 e. The zero-order valence-corrected chi connectivity index (χ0v) is 10.8. The number of carboxylic acids is 1. The lowest BCUT2D eigenvalue weighted by Crippen LogP contribution is -2.35. The van der Waals surface area contributed by atoms with E-state index >= 15 is 0 Å². The standard InChI is InChI=1S/C14H17NO4/c1-10-4-5-12(19-10)6-7-13(16)15-8-2-3-11(15)9-14(17)18/h4-7,11H,2-3,8-9H2,1H3,(H,17,18). The second-order valence-corrected chi connectivity index (χ2v) is 4.71. The van der Waals surface area contributed by atoms with Crippen molar-refractivity contribution in [3.8, 4) is 0 Å². The first-order valence-corrected chi connectivity index (χ1v) is 6.33. The number of furan rings is 1. The molecule has 1 fully saturated rings. The highest BCUT2D eigenvalue weighted by molar-refractivity contribution is 5.92. The molecule has 1 amide bonds. The fourth-order valence-electron chi connectivity index (χ4n) is 2.33. The molecule has 1 aliphatic heterocycles. The van der Waals surface area contributed by atoms with E-state index in [-0.39, 0.29) is 18.4 Å². The van der Waals surface area contributed by atoms with Gasteiger partial charge in [0.05, 0.1) is 6.42 Å². The van der Waals surface area contributed by atoms with Crippen molar-refractivity contribution in [1.82, 2.24) is 4.90 Å². The fourth-order valence-corrected chi connectivity index (χ4v) is 2.33. The minimum Gasteiger partial charge on any atom is -0.481 e. The molecule has 2 rings (SSSR count). The number of nitrogens with zero attached hydrogens (tertiary/aromatic N) is 1. The van der Waals surface area contributed by atoms with Gasteiger partial charge in [-0.15, -0.1) is 0 Å². The van der Waals surface area contributed by atoms with Gasteiger partial charge in [-0.05, 0) is 38.0 Å². The largest absolute Gasteiger partial charge is 0.481 e. The van der Waals surface area contributed by atoms with Crippen LogP contribution in [0.4, 0.5) is 0 Å². The molecule has 0 aliphatic carbocycles. The van der Waals surface area contributed by atoms with Crippen molar-refractivity contribution in [2.75, 3.05) is 6.54 Å². The summed E-state index contributed by atoms with van der Waals surface area (Å²) in [7, 11) is 0. The van der Waals surface area contributed by atoms with Crippen molar-refractivity contribution >= 4 is 18.0 Å². The van der Waals surface area contributed by atoms with Crippen LogP contribution in [0, 0.1) is 6.92 Å². The van der Waals surface area contributed by atoms with E-state index < -0.39 is 5.97 Å². The Morgan fingerprint density at radius 2 is 2.32 bits per heavy atom. The Balaban J connectivity index is 1.98. The van der Waals surface area contributed by atoms with Gasteiger partial charge < -0.3 is 14.4 Å². The van der Waals surface area contributed by atoms with Gasteiger partial charge in [-0.2, -0.15) is 0 Å². The normalized spacial score (nSPS) is 19.2. The van der Waals surface area contributed by atoms with Gasteiger partial charge in [0.25, 0.3) is 0 Å². The number of hydrogen-bond donors (Lipinski definition) is 1. The number of likely N-dealkylation sites (tertiary alicyclic amines) is 1. The molecule has 5 nitrogen and oxygen atoms in total. The van der Waals surface area contributed by atoms with E-state index in [2.05, 4.69) is 0 Å². The van der Waals surface area contributed by atoms with Crippen LogP contribution in [0.3, 0.4) is 0 Å². The van der Waals surface area contributed by atoms with Crippen LogP contribution in [0.2, 0.25) is 0 Å². The molecule has 0 bridgehead atoms. The second kappa shape index (κ2) is 5.73. The summed E-state index contributed by atoms with van der Waals surface area (Å²) in [5.74, 6) is 0.394. The number of carbonyl (C=O) groups is 2. The average molecular weight is 263 g/mol. The second-order valence-electron chi connectivity index (χ2n) is 4.71. The molecule has 1 aromatic rings. The minimum absolute atomic E-state index is 0.0133. The van der Waals surface area contributed by atoms with Crippen molar-refractivity contribution in [1.29, 1.82) is 0 Å². The molecule has 1 N–H and O–H groups in total. The van der Waals surface area contributed by atoms with E-state index in [1.165, 1.54) is 6.08 Å². The Morgan fingerprint density at radius 1 is 1.53 bits per heavy atom. The Bertz CT molecular complexity index is 503. The Kier molecular flexibility index (Phi) is 4.04. The topological polar surface area (TPSA) is 70.8 Å². The molecule has 0 aromatic carbocycles. The molecule has 2 heterocycles. The molecule has 1 aromatic heterocycles. The highest BCUT2D eigenvalue weighted by Gasteiger charge is 2.29. The lowest BCUT2D eigenvalue weighted by Gasteiger charge is -2.21. The van der Waals surface area contributed by atoms with Crippen LogP contribution < -0.4 is 0 Å². The first-order chi connectivity index (χ1) is 9.06. The Labute approximate surface area is 111 Å². The Morgan fingerprint density at radius 3 is 2.95 bits per heavy atom. The third-order valence-electron chi connectivity index (χ3n) is 3.22. The van der Waals surface area contributed by atoms with Crippen LogP contribution in [0.15, 0.2) is 22.6 Å². The average Bonchev–Trinajstić information content (AvgIpc) is 2.94. The summed E-state index contributed by atoms with van der Waals surface area (Å²) in [5, 5.41) is 8.81. The molecule has 0 spiro atoms. The van der Waals surface area contributed by atoms with Crippen molar-refractivity contribution in [2.45, 2.75) is 32.2 Å². The molecule has 1 aliphatic rings. The lowest BCUT2D eigenvalue weighted by atomic mass is 10.1. The summed E-state index contributed by atoms with van der Waals surface area (Å²) in [6.07, 6.45) is 4.69. The summed E-state index contributed by atoms with van der Waals surface area (Å²) < 4.78 is 5.34. The van der Waals surface area contributed by atoms with Crippen LogP contribution in [-0.4, -0.2) is 34.5 Å². The van der Waals surface area contributed by atoms with Gasteiger partial charge in [0, 0.05) is 18.7 Å². The van der Waals surface area contributed by atoms with Gasteiger partial charge >= 0.3 is 5.97 Å². The number of hydrogen-bond acceptors (Lipinski definition) is 3. The molecular weight excluding hydrogens is 246 g/mol. The van der Waals surface area contributed by atoms with E-state index in [0.717, 1.165) is 18.6 Å². The summed E-state index contributed by atoms with van der Waals surface area (Å²) >= 11 is 0. The molecule has 19 heavy (non-hydrogen) atoms. The predicted octanol–water partition coefficient (Wildman–Crippen LogP) is 2.07. The summed E-state index contributed by atoms with van der Waals surface area (Å²) in [5.41, 5.74) is 0. The number of aliphatic carboxylic acids is 1. The number of carboxylic acid groups (broad SMARTS) is 1. The van der Waals surface area contributed by atoms with E-state index in [4.69, 9.17) is 9.52 Å². The maximum absolute atomic E-state index is 12.0. The number of carbonyl (C=O) groups excluding carboxylic acids is 1. The molecule has 1 unspecified atom stereocenters. The van der Waals surface area contributed by atoms with Crippen LogP contribution in [0.5, 0.6) is 0 Å². The summed E-state index contributed by atoms with van der Waals surface area (Å²) in [6.45, 7) is 2.46. The fraction of sp³-hybridized carbons (Fsp3) is 0.429. The van der Waals surface area contributed by atoms with Gasteiger partial charge in [0.2, 0.25) is 5.91 Å². The molecular formula is C14H17NO4. The highest BCUT2D eigenvalue weighted by atomic mass is 16.4. The molecule has 102 valence electrons. The Hall–Kier alpha value is -2.04. The van der Waals surface area contributed by atoms with Gasteiger partial charge in [0.1, 0.15) is 11.5 Å². The third kappa shape index (κ3) is 3.47. The van der Waals surface area contributed by atoms with Gasteiger partial charge in [-0.25, -0.2) is 0 Å². The molecule has 1 atom stereocenters. The van der Waals surface area contributed by atoms with Crippen LogP contribution in [0.1, 0.15) is 30.8 Å². The van der Waals surface area contributed by atoms with Crippen molar-refractivity contribution in [3.05, 3.63) is 29.7 Å². The highest BCUT2D eigenvalue weighted by Crippen LogP contribution is 2.20. The van der Waals surface area contributed by atoms with Gasteiger partial charge in [-0.1, -0.05) is 0 Å². The number of rotatable bonds is 4. The number of aryl methyl sites for hydroxylation is 1.